The summed E-state index contributed by atoms with van der Waals surface area (Å²) in [5.41, 5.74) is 2.27. The minimum Gasteiger partial charge on any atom is -0.487 e. The van der Waals surface area contributed by atoms with E-state index in [0.29, 0.717) is 11.8 Å². The van der Waals surface area contributed by atoms with Gasteiger partial charge in [0.2, 0.25) is 0 Å². The minimum atomic E-state index is -0.280. The summed E-state index contributed by atoms with van der Waals surface area (Å²) in [6.07, 6.45) is 1.96. The maximum atomic E-state index is 13.7. The fourth-order valence-electron chi connectivity index (χ4n) is 3.47. The summed E-state index contributed by atoms with van der Waals surface area (Å²) >= 11 is 0. The number of nitrogens with zero attached hydrogens (tertiary/aromatic N) is 3. The van der Waals surface area contributed by atoms with Crippen LogP contribution in [-0.4, -0.2) is 40.4 Å². The molecule has 2 heterocycles. The largest absolute Gasteiger partial charge is 0.487 e. The van der Waals surface area contributed by atoms with Gasteiger partial charge in [-0.2, -0.15) is 5.10 Å². The molecule has 4 nitrogen and oxygen atoms in total. The Labute approximate surface area is 143 Å². The number of likely N-dealkylation sites (tertiary alicyclic amines) is 1. The lowest BCUT2D eigenvalue weighted by Crippen LogP contribution is -2.40. The predicted molar refractivity (Wildman–Crippen MR) is 92.9 cm³/mol. The number of hydrogen-bond acceptors (Lipinski definition) is 3. The van der Waals surface area contributed by atoms with Crippen LogP contribution in [0.3, 0.4) is 0 Å². The van der Waals surface area contributed by atoms with E-state index in [1.807, 2.05) is 13.0 Å². The molecule has 1 fully saturated rings. The SMILES string of the molecule is Cc1cc(C)n([C@@H](C)CN2CCC(Oc3ccccc3F)CC2)n1. The van der Waals surface area contributed by atoms with Gasteiger partial charge in [-0.05, 0) is 51.8 Å². The van der Waals surface area contributed by atoms with Gasteiger partial charge >= 0.3 is 0 Å². The monoisotopic (exact) mass is 331 g/mol. The van der Waals surface area contributed by atoms with E-state index in [1.54, 1.807) is 12.1 Å². The van der Waals surface area contributed by atoms with Crippen LogP contribution in [0.2, 0.25) is 0 Å². The first-order valence-corrected chi connectivity index (χ1v) is 8.69. The van der Waals surface area contributed by atoms with Gasteiger partial charge in [-0.1, -0.05) is 12.1 Å². The lowest BCUT2D eigenvalue weighted by atomic mass is 10.1. The molecule has 1 atom stereocenters. The Hall–Kier alpha value is -1.88. The molecule has 130 valence electrons. The fraction of sp³-hybridized carbons (Fsp3) is 0.526. The third-order valence-corrected chi connectivity index (χ3v) is 4.65. The number of hydrogen-bond donors (Lipinski definition) is 0. The molecule has 0 aliphatic carbocycles. The van der Waals surface area contributed by atoms with Crippen molar-refractivity contribution in [2.75, 3.05) is 19.6 Å². The zero-order valence-electron chi connectivity index (χ0n) is 14.7. The summed E-state index contributed by atoms with van der Waals surface area (Å²) in [5, 5.41) is 4.58. The predicted octanol–water partition coefficient (Wildman–Crippen LogP) is 3.74. The molecule has 0 unspecified atom stereocenters. The molecule has 1 aromatic carbocycles. The number of rotatable bonds is 5. The van der Waals surface area contributed by atoms with Crippen LogP contribution in [0.15, 0.2) is 30.3 Å². The lowest BCUT2D eigenvalue weighted by molar-refractivity contribution is 0.0892. The van der Waals surface area contributed by atoms with E-state index < -0.39 is 0 Å². The van der Waals surface area contributed by atoms with Crippen molar-refractivity contribution in [1.29, 1.82) is 0 Å². The van der Waals surface area contributed by atoms with Crippen molar-refractivity contribution in [1.82, 2.24) is 14.7 Å². The summed E-state index contributed by atoms with van der Waals surface area (Å²) in [6, 6.07) is 9.11. The van der Waals surface area contributed by atoms with Crippen LogP contribution < -0.4 is 4.74 Å². The number of halogens is 1. The second-order valence-electron chi connectivity index (χ2n) is 6.77. The van der Waals surface area contributed by atoms with E-state index >= 15 is 0 Å². The van der Waals surface area contributed by atoms with E-state index in [0.717, 1.165) is 38.2 Å². The Bertz CT molecular complexity index is 677. The van der Waals surface area contributed by atoms with Crippen LogP contribution in [0.5, 0.6) is 5.75 Å². The molecule has 0 saturated carbocycles. The highest BCUT2D eigenvalue weighted by Gasteiger charge is 2.23. The molecule has 0 spiro atoms. The minimum absolute atomic E-state index is 0.0992. The highest BCUT2D eigenvalue weighted by atomic mass is 19.1. The first-order valence-electron chi connectivity index (χ1n) is 8.69. The van der Waals surface area contributed by atoms with Gasteiger partial charge in [-0.15, -0.1) is 0 Å². The fourth-order valence-corrected chi connectivity index (χ4v) is 3.47. The summed E-state index contributed by atoms with van der Waals surface area (Å²) in [6.45, 7) is 9.27. The highest BCUT2D eigenvalue weighted by Crippen LogP contribution is 2.22. The van der Waals surface area contributed by atoms with Gasteiger partial charge in [-0.25, -0.2) is 4.39 Å². The van der Waals surface area contributed by atoms with Gasteiger partial charge in [0.1, 0.15) is 6.10 Å². The summed E-state index contributed by atoms with van der Waals surface area (Å²) in [4.78, 5) is 2.45. The number of para-hydroxylation sites is 1. The highest BCUT2D eigenvalue weighted by molar-refractivity contribution is 5.23. The molecule has 0 bridgehead atoms. The quantitative estimate of drug-likeness (QED) is 0.836. The molecule has 1 saturated heterocycles. The molecular weight excluding hydrogens is 305 g/mol. The number of piperidine rings is 1. The van der Waals surface area contributed by atoms with Gasteiger partial charge in [0, 0.05) is 25.3 Å². The van der Waals surface area contributed by atoms with E-state index in [2.05, 4.69) is 34.6 Å². The van der Waals surface area contributed by atoms with Crippen molar-refractivity contribution in [2.24, 2.45) is 0 Å². The Morgan fingerprint density at radius 2 is 1.96 bits per heavy atom. The Morgan fingerprint density at radius 1 is 1.25 bits per heavy atom. The third-order valence-electron chi connectivity index (χ3n) is 4.65. The first kappa shape index (κ1) is 17.0. The Balaban J connectivity index is 1.50. The summed E-state index contributed by atoms with van der Waals surface area (Å²) in [5.74, 6) is 0.0880. The van der Waals surface area contributed by atoms with Crippen LogP contribution in [0.1, 0.15) is 37.2 Å². The first-order chi connectivity index (χ1) is 11.5. The van der Waals surface area contributed by atoms with Crippen molar-refractivity contribution < 1.29 is 9.13 Å². The van der Waals surface area contributed by atoms with E-state index in [9.17, 15) is 4.39 Å². The molecule has 5 heteroatoms. The van der Waals surface area contributed by atoms with Gasteiger partial charge in [0.25, 0.3) is 0 Å². The van der Waals surface area contributed by atoms with Crippen molar-refractivity contribution >= 4 is 0 Å². The van der Waals surface area contributed by atoms with Gasteiger partial charge in [0.05, 0.1) is 11.7 Å². The van der Waals surface area contributed by atoms with Crippen molar-refractivity contribution in [3.05, 3.63) is 47.5 Å². The van der Waals surface area contributed by atoms with Crippen LogP contribution in [0, 0.1) is 19.7 Å². The molecule has 1 aliphatic rings. The maximum Gasteiger partial charge on any atom is 0.165 e. The van der Waals surface area contributed by atoms with Gasteiger partial charge in [-0.3, -0.25) is 4.68 Å². The second kappa shape index (κ2) is 7.34. The smallest absolute Gasteiger partial charge is 0.165 e. The zero-order chi connectivity index (χ0) is 17.1. The molecule has 1 aromatic heterocycles. The number of benzene rings is 1. The number of aromatic nitrogens is 2. The van der Waals surface area contributed by atoms with Crippen molar-refractivity contribution in [3.8, 4) is 5.75 Å². The summed E-state index contributed by atoms with van der Waals surface area (Å²) < 4.78 is 21.6. The average Bonchev–Trinajstić information content (AvgIpc) is 2.90. The topological polar surface area (TPSA) is 30.3 Å². The molecule has 24 heavy (non-hydrogen) atoms. The van der Waals surface area contributed by atoms with Crippen molar-refractivity contribution in [2.45, 2.75) is 45.8 Å². The van der Waals surface area contributed by atoms with Gasteiger partial charge in [0.15, 0.2) is 11.6 Å². The normalized spacial score (nSPS) is 17.8. The molecule has 1 aliphatic heterocycles. The van der Waals surface area contributed by atoms with Crippen LogP contribution >= 0.6 is 0 Å². The molecule has 2 aromatic rings. The average molecular weight is 331 g/mol. The molecule has 3 rings (SSSR count). The summed E-state index contributed by atoms with van der Waals surface area (Å²) in [7, 11) is 0. The maximum absolute atomic E-state index is 13.7. The lowest BCUT2D eigenvalue weighted by Gasteiger charge is -2.33. The van der Waals surface area contributed by atoms with Crippen LogP contribution in [0.25, 0.3) is 0 Å². The van der Waals surface area contributed by atoms with Crippen LogP contribution in [-0.2, 0) is 0 Å². The van der Waals surface area contributed by atoms with E-state index in [1.165, 1.54) is 11.8 Å². The third kappa shape index (κ3) is 3.96. The molecular formula is C19H26FN3O. The number of aryl methyl sites for hydroxylation is 2. The van der Waals surface area contributed by atoms with E-state index in [4.69, 9.17) is 4.74 Å². The van der Waals surface area contributed by atoms with Gasteiger partial charge < -0.3 is 9.64 Å². The van der Waals surface area contributed by atoms with Crippen molar-refractivity contribution in [3.63, 3.8) is 0 Å². The molecule has 0 radical (unpaired) electrons. The number of ether oxygens (including phenoxy) is 1. The standard InChI is InChI=1S/C19H26FN3O/c1-14-12-15(2)23(21-14)16(3)13-22-10-8-17(9-11-22)24-19-7-5-4-6-18(19)20/h4-7,12,16-17H,8-11,13H2,1-3H3/t16-/m0/s1. The van der Waals surface area contributed by atoms with Crippen LogP contribution in [0.4, 0.5) is 4.39 Å². The Kier molecular flexibility index (Phi) is 5.19. The van der Waals surface area contributed by atoms with E-state index in [-0.39, 0.29) is 11.9 Å². The molecule has 0 amide bonds. The molecule has 0 N–H and O–H groups in total. The zero-order valence-corrected chi connectivity index (χ0v) is 14.7. The Morgan fingerprint density at radius 3 is 2.58 bits per heavy atom. The second-order valence-corrected chi connectivity index (χ2v) is 6.77.